The fraction of sp³-hybridized carbons (Fsp3) is 0.333. The summed E-state index contributed by atoms with van der Waals surface area (Å²) in [5.41, 5.74) is 6.38. The van der Waals surface area contributed by atoms with Crippen molar-refractivity contribution in [3.05, 3.63) is 42.0 Å². The molecule has 4 nitrogen and oxygen atoms in total. The number of hydrogen-bond donors (Lipinski definition) is 2. The number of ether oxygens (including phenoxy) is 1. The maximum Gasteiger partial charge on any atom is 0.187 e. The standard InChI is InChI=1S/C15H19N3OS/c1-3-9-16-15(20)18-17-14-6-4-5-11-10-12(19-2)7-8-13(11)14/h3,7-8,10H,1,4-6,9H2,2H3,(H2,16,18,20). The summed E-state index contributed by atoms with van der Waals surface area (Å²) in [6.07, 6.45) is 4.86. The Bertz CT molecular complexity index is 540. The zero-order valence-corrected chi connectivity index (χ0v) is 12.4. The van der Waals surface area contributed by atoms with Gasteiger partial charge in [0.05, 0.1) is 12.8 Å². The van der Waals surface area contributed by atoms with Crippen molar-refractivity contribution in [2.75, 3.05) is 13.7 Å². The SMILES string of the molecule is C=CCNC(=S)NN=C1CCCc2cc(OC)ccc21. The van der Waals surface area contributed by atoms with Gasteiger partial charge in [-0.05, 0) is 55.2 Å². The molecule has 0 bridgehead atoms. The highest BCUT2D eigenvalue weighted by atomic mass is 32.1. The summed E-state index contributed by atoms with van der Waals surface area (Å²) in [5, 5.41) is 7.92. The van der Waals surface area contributed by atoms with Crippen molar-refractivity contribution >= 4 is 23.0 Å². The molecule has 0 unspecified atom stereocenters. The van der Waals surface area contributed by atoms with Gasteiger partial charge in [-0.3, -0.25) is 5.43 Å². The molecule has 5 heteroatoms. The lowest BCUT2D eigenvalue weighted by molar-refractivity contribution is 0.414. The minimum atomic E-state index is 0.512. The monoisotopic (exact) mass is 289 g/mol. The van der Waals surface area contributed by atoms with Gasteiger partial charge >= 0.3 is 0 Å². The second kappa shape index (κ2) is 7.05. The van der Waals surface area contributed by atoms with Gasteiger partial charge in [0.1, 0.15) is 5.75 Å². The third-order valence-electron chi connectivity index (χ3n) is 3.18. The normalized spacial score (nSPS) is 15.3. The summed E-state index contributed by atoms with van der Waals surface area (Å²) in [5.74, 6) is 0.890. The molecule has 0 saturated heterocycles. The molecule has 0 aromatic heterocycles. The second-order valence-corrected chi connectivity index (χ2v) is 4.95. The lowest BCUT2D eigenvalue weighted by Gasteiger charge is -2.18. The summed E-state index contributed by atoms with van der Waals surface area (Å²) in [6.45, 7) is 4.26. The summed E-state index contributed by atoms with van der Waals surface area (Å²) >= 11 is 5.13. The highest BCUT2D eigenvalue weighted by molar-refractivity contribution is 7.80. The number of hydrazone groups is 1. The van der Waals surface area contributed by atoms with E-state index in [1.807, 2.05) is 6.07 Å². The Morgan fingerprint density at radius 2 is 2.35 bits per heavy atom. The van der Waals surface area contributed by atoms with Gasteiger partial charge < -0.3 is 10.1 Å². The molecule has 1 aliphatic rings. The Hall–Kier alpha value is -1.88. The molecule has 0 atom stereocenters. The van der Waals surface area contributed by atoms with E-state index in [0.717, 1.165) is 30.7 Å². The summed E-state index contributed by atoms with van der Waals surface area (Å²) in [7, 11) is 1.69. The quantitative estimate of drug-likeness (QED) is 0.507. The molecular formula is C15H19N3OS. The number of fused-ring (bicyclic) bond motifs is 1. The van der Waals surface area contributed by atoms with E-state index < -0.39 is 0 Å². The third kappa shape index (κ3) is 3.57. The highest BCUT2D eigenvalue weighted by Crippen LogP contribution is 2.25. The molecule has 20 heavy (non-hydrogen) atoms. The average molecular weight is 289 g/mol. The van der Waals surface area contributed by atoms with Gasteiger partial charge in [-0.15, -0.1) is 6.58 Å². The molecule has 1 aromatic carbocycles. The first-order valence-corrected chi connectivity index (χ1v) is 7.04. The zero-order chi connectivity index (χ0) is 14.4. The van der Waals surface area contributed by atoms with E-state index in [9.17, 15) is 0 Å². The molecular weight excluding hydrogens is 270 g/mol. The fourth-order valence-electron chi connectivity index (χ4n) is 2.21. The lowest BCUT2D eigenvalue weighted by atomic mass is 9.90. The van der Waals surface area contributed by atoms with Gasteiger partial charge in [0.15, 0.2) is 5.11 Å². The van der Waals surface area contributed by atoms with Crippen LogP contribution in [-0.4, -0.2) is 24.5 Å². The molecule has 0 radical (unpaired) electrons. The van der Waals surface area contributed by atoms with Gasteiger partial charge in [0, 0.05) is 12.1 Å². The summed E-state index contributed by atoms with van der Waals surface area (Å²) in [6, 6.07) is 6.11. The molecule has 0 aliphatic heterocycles. The van der Waals surface area contributed by atoms with Crippen LogP contribution in [0.5, 0.6) is 5.75 Å². The van der Waals surface area contributed by atoms with Crippen molar-refractivity contribution in [2.45, 2.75) is 19.3 Å². The number of methoxy groups -OCH3 is 1. The van der Waals surface area contributed by atoms with E-state index in [1.54, 1.807) is 13.2 Å². The van der Waals surface area contributed by atoms with Crippen LogP contribution in [0.25, 0.3) is 0 Å². The van der Waals surface area contributed by atoms with E-state index in [1.165, 1.54) is 11.1 Å². The Labute approximate surface area is 124 Å². The van der Waals surface area contributed by atoms with Crippen LogP contribution in [0.15, 0.2) is 36.0 Å². The minimum absolute atomic E-state index is 0.512. The number of nitrogens with zero attached hydrogens (tertiary/aromatic N) is 1. The maximum atomic E-state index is 5.26. The second-order valence-electron chi connectivity index (χ2n) is 4.55. The summed E-state index contributed by atoms with van der Waals surface area (Å²) in [4.78, 5) is 0. The van der Waals surface area contributed by atoms with Crippen molar-refractivity contribution in [3.8, 4) is 5.75 Å². The third-order valence-corrected chi connectivity index (χ3v) is 3.42. The van der Waals surface area contributed by atoms with Crippen LogP contribution in [0, 0.1) is 0 Å². The van der Waals surface area contributed by atoms with Gasteiger partial charge in [0.2, 0.25) is 0 Å². The molecule has 2 rings (SSSR count). The average Bonchev–Trinajstić information content (AvgIpc) is 2.50. The van der Waals surface area contributed by atoms with Crippen LogP contribution >= 0.6 is 12.2 Å². The number of nitrogens with one attached hydrogen (secondary N) is 2. The largest absolute Gasteiger partial charge is 0.497 e. The first-order valence-electron chi connectivity index (χ1n) is 6.63. The van der Waals surface area contributed by atoms with E-state index >= 15 is 0 Å². The van der Waals surface area contributed by atoms with Crippen LogP contribution in [0.2, 0.25) is 0 Å². The summed E-state index contributed by atoms with van der Waals surface area (Å²) < 4.78 is 5.26. The van der Waals surface area contributed by atoms with E-state index in [2.05, 4.69) is 34.6 Å². The Kier molecular flexibility index (Phi) is 5.12. The minimum Gasteiger partial charge on any atom is -0.497 e. The Balaban J connectivity index is 2.11. The fourth-order valence-corrected chi connectivity index (χ4v) is 2.33. The van der Waals surface area contributed by atoms with E-state index in [4.69, 9.17) is 17.0 Å². The van der Waals surface area contributed by atoms with Crippen LogP contribution in [0.4, 0.5) is 0 Å². The number of hydrogen-bond acceptors (Lipinski definition) is 3. The molecule has 0 saturated carbocycles. The Morgan fingerprint density at radius 1 is 1.50 bits per heavy atom. The van der Waals surface area contributed by atoms with Crippen LogP contribution in [0.1, 0.15) is 24.0 Å². The van der Waals surface area contributed by atoms with E-state index in [0.29, 0.717) is 11.7 Å². The van der Waals surface area contributed by atoms with Gasteiger partial charge in [0.25, 0.3) is 0 Å². The predicted octanol–water partition coefficient (Wildman–Crippen LogP) is 2.39. The van der Waals surface area contributed by atoms with Crippen molar-refractivity contribution in [2.24, 2.45) is 5.10 Å². The number of rotatable bonds is 4. The smallest absolute Gasteiger partial charge is 0.187 e. The molecule has 0 amide bonds. The maximum absolute atomic E-state index is 5.26. The van der Waals surface area contributed by atoms with Crippen molar-refractivity contribution < 1.29 is 4.74 Å². The van der Waals surface area contributed by atoms with Gasteiger partial charge in [-0.1, -0.05) is 6.08 Å². The van der Waals surface area contributed by atoms with Crippen molar-refractivity contribution in [1.29, 1.82) is 0 Å². The van der Waals surface area contributed by atoms with Crippen molar-refractivity contribution in [1.82, 2.24) is 10.7 Å². The molecule has 1 aromatic rings. The highest BCUT2D eigenvalue weighted by Gasteiger charge is 2.16. The predicted molar refractivity (Wildman–Crippen MR) is 86.4 cm³/mol. The van der Waals surface area contributed by atoms with Crippen LogP contribution in [-0.2, 0) is 6.42 Å². The zero-order valence-electron chi connectivity index (χ0n) is 11.6. The Morgan fingerprint density at radius 3 is 3.10 bits per heavy atom. The van der Waals surface area contributed by atoms with Crippen molar-refractivity contribution in [3.63, 3.8) is 0 Å². The molecule has 1 aliphatic carbocycles. The molecule has 0 fully saturated rings. The molecule has 0 spiro atoms. The van der Waals surface area contributed by atoms with Crippen LogP contribution in [0.3, 0.4) is 0 Å². The first kappa shape index (κ1) is 14.5. The molecule has 2 N–H and O–H groups in total. The molecule has 0 heterocycles. The number of benzene rings is 1. The van der Waals surface area contributed by atoms with Gasteiger partial charge in [-0.25, -0.2) is 0 Å². The van der Waals surface area contributed by atoms with Crippen LogP contribution < -0.4 is 15.5 Å². The molecule has 106 valence electrons. The number of aryl methyl sites for hydroxylation is 1. The lowest BCUT2D eigenvalue weighted by Crippen LogP contribution is -2.33. The van der Waals surface area contributed by atoms with E-state index in [-0.39, 0.29) is 0 Å². The topological polar surface area (TPSA) is 45.7 Å². The number of thiocarbonyl (C=S) groups is 1. The van der Waals surface area contributed by atoms with Gasteiger partial charge in [-0.2, -0.15) is 5.10 Å². The first-order chi connectivity index (χ1) is 9.74.